The second-order valence-corrected chi connectivity index (χ2v) is 9.62. The van der Waals surface area contributed by atoms with Crippen LogP contribution in [0.25, 0.3) is 0 Å². The van der Waals surface area contributed by atoms with Crippen molar-refractivity contribution < 1.29 is 24.2 Å². The molecular formula is C25H33N5O5. The van der Waals surface area contributed by atoms with E-state index in [0.717, 1.165) is 25.0 Å². The summed E-state index contributed by atoms with van der Waals surface area (Å²) in [5.41, 5.74) is 1.90. The number of phenolic OH excluding ortho intramolecular Hbond substituents is 1. The van der Waals surface area contributed by atoms with E-state index in [1.54, 1.807) is 6.07 Å². The van der Waals surface area contributed by atoms with Crippen molar-refractivity contribution in [3.05, 3.63) is 35.5 Å². The minimum Gasteiger partial charge on any atom is -0.507 e. The minimum atomic E-state index is -0.388. The van der Waals surface area contributed by atoms with Gasteiger partial charge >= 0.3 is 6.09 Å². The molecule has 0 unspecified atom stereocenters. The lowest BCUT2D eigenvalue weighted by Gasteiger charge is -2.33. The number of nitrogens with zero attached hydrogens (tertiary/aromatic N) is 2. The van der Waals surface area contributed by atoms with Crippen LogP contribution in [0.1, 0.15) is 67.9 Å². The molecule has 10 nitrogen and oxygen atoms in total. The van der Waals surface area contributed by atoms with Crippen molar-refractivity contribution in [1.29, 1.82) is 0 Å². The second-order valence-electron chi connectivity index (χ2n) is 9.62. The monoisotopic (exact) mass is 483 g/mol. The Morgan fingerprint density at radius 3 is 2.71 bits per heavy atom. The van der Waals surface area contributed by atoms with Crippen molar-refractivity contribution in [3.63, 3.8) is 0 Å². The van der Waals surface area contributed by atoms with Gasteiger partial charge in [0.05, 0.1) is 11.3 Å². The molecule has 2 atom stereocenters. The number of ether oxygens (including phenoxy) is 1. The Morgan fingerprint density at radius 1 is 1.23 bits per heavy atom. The number of carbonyl (C=O) groups excluding carboxylic acids is 3. The molecule has 0 spiro atoms. The summed E-state index contributed by atoms with van der Waals surface area (Å²) in [5.74, 6) is 0.415. The molecule has 2 aliphatic rings. The smallest absolute Gasteiger partial charge is 0.407 e. The average molecular weight is 484 g/mol. The van der Waals surface area contributed by atoms with Gasteiger partial charge in [0.25, 0.3) is 0 Å². The minimum absolute atomic E-state index is 0.0336. The Hall–Kier alpha value is -3.56. The lowest BCUT2D eigenvalue weighted by atomic mass is 9.95. The fourth-order valence-electron chi connectivity index (χ4n) is 4.91. The summed E-state index contributed by atoms with van der Waals surface area (Å²) in [5, 5.41) is 22.9. The highest BCUT2D eigenvalue weighted by molar-refractivity contribution is 5.92. The van der Waals surface area contributed by atoms with Crippen LogP contribution in [0.4, 0.5) is 16.3 Å². The highest BCUT2D eigenvalue weighted by Gasteiger charge is 2.31. The van der Waals surface area contributed by atoms with E-state index in [2.05, 4.69) is 20.8 Å². The normalized spacial score (nSPS) is 20.6. The first kappa shape index (κ1) is 24.6. The van der Waals surface area contributed by atoms with E-state index >= 15 is 0 Å². The number of aldehydes is 1. The number of aromatic hydroxyl groups is 1. The van der Waals surface area contributed by atoms with Crippen LogP contribution in [-0.4, -0.2) is 58.8 Å². The third-order valence-electron chi connectivity index (χ3n) is 6.74. The maximum absolute atomic E-state index is 12.8. The van der Waals surface area contributed by atoms with Crippen molar-refractivity contribution in [1.82, 2.24) is 15.5 Å². The first-order valence-corrected chi connectivity index (χ1v) is 12.2. The summed E-state index contributed by atoms with van der Waals surface area (Å²) in [4.78, 5) is 38.1. The molecule has 10 heteroatoms. The van der Waals surface area contributed by atoms with E-state index in [4.69, 9.17) is 4.74 Å². The van der Waals surface area contributed by atoms with Crippen LogP contribution in [0.15, 0.2) is 24.3 Å². The Bertz CT molecular complexity index is 1060. The number of piperidine rings is 1. The van der Waals surface area contributed by atoms with Crippen LogP contribution in [-0.2, 0) is 9.53 Å². The molecule has 4 N–H and O–H groups in total. The van der Waals surface area contributed by atoms with Crippen LogP contribution < -0.4 is 15.5 Å². The SMILES string of the molecule is CC(C)NC(=O)O[C@@H]1CC[C@H](c2cc(NC(=O)C3CCN(c4cccc(O)c4C=O)CC3)n[nH]2)C1. The molecule has 1 saturated carbocycles. The number of alkyl carbamates (subject to hydrolysis) is 1. The first-order valence-electron chi connectivity index (χ1n) is 12.2. The van der Waals surface area contributed by atoms with Crippen LogP contribution >= 0.6 is 0 Å². The highest BCUT2D eigenvalue weighted by atomic mass is 16.6. The van der Waals surface area contributed by atoms with Gasteiger partial charge in [-0.05, 0) is 58.1 Å². The summed E-state index contributed by atoms with van der Waals surface area (Å²) < 4.78 is 5.50. The number of nitrogens with one attached hydrogen (secondary N) is 3. The fourth-order valence-corrected chi connectivity index (χ4v) is 4.91. The third-order valence-corrected chi connectivity index (χ3v) is 6.74. The molecule has 1 aromatic carbocycles. The summed E-state index contributed by atoms with van der Waals surface area (Å²) in [6.07, 6.45) is 3.81. The molecule has 1 aromatic heterocycles. The van der Waals surface area contributed by atoms with Crippen molar-refractivity contribution >= 4 is 29.8 Å². The molecule has 0 bridgehead atoms. The first-order chi connectivity index (χ1) is 16.8. The molecule has 2 aromatic rings. The summed E-state index contributed by atoms with van der Waals surface area (Å²) in [6, 6.07) is 6.91. The number of H-pyrrole nitrogens is 1. The van der Waals surface area contributed by atoms with Gasteiger partial charge in [-0.2, -0.15) is 5.10 Å². The van der Waals surface area contributed by atoms with Crippen LogP contribution in [0.2, 0.25) is 0 Å². The van der Waals surface area contributed by atoms with Gasteiger partial charge in [0, 0.05) is 42.7 Å². The average Bonchev–Trinajstić information content (AvgIpc) is 3.48. The molecule has 188 valence electrons. The number of carbonyl (C=O) groups is 3. The Kier molecular flexibility index (Phi) is 7.57. The number of anilines is 2. The van der Waals surface area contributed by atoms with E-state index < -0.39 is 0 Å². The maximum atomic E-state index is 12.8. The van der Waals surface area contributed by atoms with Gasteiger partial charge in [-0.3, -0.25) is 14.7 Å². The van der Waals surface area contributed by atoms with Crippen molar-refractivity contribution in [3.8, 4) is 5.75 Å². The summed E-state index contributed by atoms with van der Waals surface area (Å²) >= 11 is 0. The van der Waals surface area contributed by atoms with Crippen molar-refractivity contribution in [2.75, 3.05) is 23.3 Å². The van der Waals surface area contributed by atoms with Crippen LogP contribution in [0, 0.1) is 5.92 Å². The number of rotatable bonds is 7. The molecule has 2 heterocycles. The van der Waals surface area contributed by atoms with E-state index in [9.17, 15) is 19.5 Å². The Labute approximate surface area is 204 Å². The zero-order valence-electron chi connectivity index (χ0n) is 20.1. The predicted molar refractivity (Wildman–Crippen MR) is 131 cm³/mol. The third kappa shape index (κ3) is 5.93. The number of hydrogen-bond acceptors (Lipinski definition) is 7. The topological polar surface area (TPSA) is 137 Å². The number of phenols is 1. The molecule has 1 aliphatic heterocycles. The standard InChI is InChI=1S/C25H33N5O5/c1-15(2)26-25(34)35-18-7-6-17(12-18)20-13-23(29-28-20)27-24(33)16-8-10-30(11-9-16)21-4-3-5-22(32)19(21)14-31/h3-5,13-18,32H,6-12H2,1-2H3,(H,26,34)(H2,27,28,29,33)/t17-,18+/m0/s1. The molecule has 2 amide bonds. The van der Waals surface area contributed by atoms with E-state index in [1.165, 1.54) is 6.07 Å². The van der Waals surface area contributed by atoms with Crippen LogP contribution in [0.5, 0.6) is 5.75 Å². The molecular weight excluding hydrogens is 450 g/mol. The zero-order chi connectivity index (χ0) is 24.9. The molecule has 35 heavy (non-hydrogen) atoms. The van der Waals surface area contributed by atoms with E-state index in [0.29, 0.717) is 43.7 Å². The lowest BCUT2D eigenvalue weighted by Crippen LogP contribution is -2.38. The van der Waals surface area contributed by atoms with Gasteiger partial charge in [0.2, 0.25) is 5.91 Å². The van der Waals surface area contributed by atoms with Crippen LogP contribution in [0.3, 0.4) is 0 Å². The maximum Gasteiger partial charge on any atom is 0.407 e. The molecule has 2 fully saturated rings. The number of amides is 2. The van der Waals surface area contributed by atoms with Gasteiger partial charge in [0.15, 0.2) is 12.1 Å². The number of aromatic amines is 1. The largest absolute Gasteiger partial charge is 0.507 e. The molecule has 1 saturated heterocycles. The van der Waals surface area contributed by atoms with Gasteiger partial charge in [-0.1, -0.05) is 6.07 Å². The van der Waals surface area contributed by atoms with E-state index in [-0.39, 0.29) is 47.3 Å². The Morgan fingerprint density at radius 2 is 2.00 bits per heavy atom. The summed E-state index contributed by atoms with van der Waals surface area (Å²) in [6.45, 7) is 5.01. The van der Waals surface area contributed by atoms with Gasteiger partial charge in [-0.15, -0.1) is 0 Å². The Balaban J connectivity index is 1.27. The number of hydrogen-bond donors (Lipinski definition) is 4. The second kappa shape index (κ2) is 10.8. The van der Waals surface area contributed by atoms with Crippen molar-refractivity contribution in [2.24, 2.45) is 5.92 Å². The quantitative estimate of drug-likeness (QED) is 0.442. The van der Waals surface area contributed by atoms with Gasteiger partial charge in [0.1, 0.15) is 11.9 Å². The van der Waals surface area contributed by atoms with Crippen molar-refractivity contribution in [2.45, 2.75) is 64.0 Å². The zero-order valence-corrected chi connectivity index (χ0v) is 20.1. The van der Waals surface area contributed by atoms with Gasteiger partial charge in [-0.25, -0.2) is 4.79 Å². The predicted octanol–water partition coefficient (Wildman–Crippen LogP) is 3.55. The fraction of sp³-hybridized carbons (Fsp3) is 0.520. The van der Waals surface area contributed by atoms with Gasteiger partial charge < -0.3 is 25.4 Å². The molecule has 0 radical (unpaired) electrons. The summed E-state index contributed by atoms with van der Waals surface area (Å²) in [7, 11) is 0. The molecule has 1 aliphatic carbocycles. The lowest BCUT2D eigenvalue weighted by molar-refractivity contribution is -0.120. The number of aromatic nitrogens is 2. The number of benzene rings is 1. The molecule has 4 rings (SSSR count). The highest BCUT2D eigenvalue weighted by Crippen LogP contribution is 2.36. The van der Waals surface area contributed by atoms with E-state index in [1.807, 2.05) is 30.9 Å².